The van der Waals surface area contributed by atoms with Crippen molar-refractivity contribution in [1.82, 2.24) is 9.97 Å². The zero-order chi connectivity index (χ0) is 13.5. The number of hydrogen-bond acceptors (Lipinski definition) is 5. The maximum atomic E-state index is 8.76. The topological polar surface area (TPSA) is 70.8 Å². The van der Waals surface area contributed by atoms with Gasteiger partial charge in [-0.3, -0.25) is 0 Å². The van der Waals surface area contributed by atoms with Gasteiger partial charge in [0.2, 0.25) is 5.95 Å². The van der Waals surface area contributed by atoms with Crippen LogP contribution in [0.3, 0.4) is 0 Å². The fraction of sp³-hybridized carbons (Fsp3) is 0.214. The molecule has 19 heavy (non-hydrogen) atoms. The fourth-order valence-corrected chi connectivity index (χ4v) is 1.60. The normalized spacial score (nSPS) is 9.68. The molecular formula is C14H14N4O. The molecule has 1 aromatic heterocycles. The van der Waals surface area contributed by atoms with E-state index in [0.717, 1.165) is 11.3 Å². The Balaban J connectivity index is 2.01. The van der Waals surface area contributed by atoms with Crippen molar-refractivity contribution in [2.75, 3.05) is 11.9 Å². The van der Waals surface area contributed by atoms with Gasteiger partial charge >= 0.3 is 0 Å². The number of benzene rings is 1. The second kappa shape index (κ2) is 6.36. The minimum atomic E-state index is 0.348. The van der Waals surface area contributed by atoms with Gasteiger partial charge in [0.15, 0.2) is 0 Å². The van der Waals surface area contributed by atoms with E-state index in [9.17, 15) is 0 Å². The Morgan fingerprint density at radius 3 is 3.05 bits per heavy atom. The van der Waals surface area contributed by atoms with Crippen LogP contribution >= 0.6 is 0 Å². The lowest BCUT2D eigenvalue weighted by atomic mass is 10.2. The van der Waals surface area contributed by atoms with Crippen LogP contribution in [0.15, 0.2) is 36.5 Å². The SMILES string of the molecule is CCOc1cccc(CNc2nccc(C#N)n2)c1. The molecule has 1 aromatic carbocycles. The maximum absolute atomic E-state index is 8.76. The van der Waals surface area contributed by atoms with E-state index in [-0.39, 0.29) is 0 Å². The molecule has 0 radical (unpaired) electrons. The van der Waals surface area contributed by atoms with Crippen molar-refractivity contribution in [2.24, 2.45) is 0 Å². The van der Waals surface area contributed by atoms with Crippen LogP contribution in [0.25, 0.3) is 0 Å². The van der Waals surface area contributed by atoms with E-state index in [1.165, 1.54) is 0 Å². The number of ether oxygens (including phenoxy) is 1. The molecule has 0 bridgehead atoms. The van der Waals surface area contributed by atoms with Crippen LogP contribution in [-0.2, 0) is 6.54 Å². The average Bonchev–Trinajstić information content (AvgIpc) is 2.46. The minimum absolute atomic E-state index is 0.348. The lowest BCUT2D eigenvalue weighted by molar-refractivity contribution is 0.340. The molecule has 5 nitrogen and oxygen atoms in total. The molecule has 0 fully saturated rings. The van der Waals surface area contributed by atoms with E-state index in [1.807, 2.05) is 37.3 Å². The Kier molecular flexibility index (Phi) is 4.29. The van der Waals surface area contributed by atoms with Gasteiger partial charge in [0.1, 0.15) is 17.5 Å². The first-order valence-corrected chi connectivity index (χ1v) is 6.00. The highest BCUT2D eigenvalue weighted by molar-refractivity contribution is 5.34. The van der Waals surface area contributed by atoms with Gasteiger partial charge in [0.05, 0.1) is 6.61 Å². The van der Waals surface area contributed by atoms with Crippen molar-refractivity contribution in [3.8, 4) is 11.8 Å². The number of nitriles is 1. The van der Waals surface area contributed by atoms with Gasteiger partial charge in [-0.25, -0.2) is 9.97 Å². The molecule has 0 atom stereocenters. The summed E-state index contributed by atoms with van der Waals surface area (Å²) in [6.45, 7) is 3.17. The summed E-state index contributed by atoms with van der Waals surface area (Å²) in [4.78, 5) is 8.11. The number of nitrogens with zero attached hydrogens (tertiary/aromatic N) is 3. The van der Waals surface area contributed by atoms with E-state index in [0.29, 0.717) is 24.8 Å². The molecule has 0 aliphatic carbocycles. The number of anilines is 1. The van der Waals surface area contributed by atoms with Crippen molar-refractivity contribution >= 4 is 5.95 Å². The molecule has 2 aromatic rings. The van der Waals surface area contributed by atoms with Gasteiger partial charge in [-0.15, -0.1) is 0 Å². The van der Waals surface area contributed by atoms with E-state index in [1.54, 1.807) is 12.3 Å². The first-order chi connectivity index (χ1) is 9.31. The van der Waals surface area contributed by atoms with Crippen LogP contribution in [0, 0.1) is 11.3 Å². The molecule has 0 aliphatic heterocycles. The predicted octanol–water partition coefficient (Wildman–Crippen LogP) is 2.36. The van der Waals surface area contributed by atoms with E-state index < -0.39 is 0 Å². The summed E-state index contributed by atoms with van der Waals surface area (Å²) < 4.78 is 5.43. The number of nitrogens with one attached hydrogen (secondary N) is 1. The van der Waals surface area contributed by atoms with Crippen LogP contribution < -0.4 is 10.1 Å². The van der Waals surface area contributed by atoms with Crippen LogP contribution in [0.1, 0.15) is 18.2 Å². The third-order valence-corrected chi connectivity index (χ3v) is 2.43. The Bertz CT molecular complexity index is 592. The average molecular weight is 254 g/mol. The molecule has 0 unspecified atom stereocenters. The molecule has 1 heterocycles. The quantitative estimate of drug-likeness (QED) is 0.886. The third kappa shape index (κ3) is 3.68. The molecule has 5 heteroatoms. The zero-order valence-corrected chi connectivity index (χ0v) is 10.6. The lowest BCUT2D eigenvalue weighted by Gasteiger charge is -2.07. The van der Waals surface area contributed by atoms with E-state index in [4.69, 9.17) is 10.00 Å². The molecule has 0 saturated carbocycles. The predicted molar refractivity (Wildman–Crippen MR) is 71.7 cm³/mol. The van der Waals surface area contributed by atoms with E-state index in [2.05, 4.69) is 15.3 Å². The molecule has 0 spiro atoms. The molecule has 1 N–H and O–H groups in total. The van der Waals surface area contributed by atoms with Gasteiger partial charge in [0.25, 0.3) is 0 Å². The summed E-state index contributed by atoms with van der Waals surface area (Å²) in [7, 11) is 0. The fourth-order valence-electron chi connectivity index (χ4n) is 1.60. The lowest BCUT2D eigenvalue weighted by Crippen LogP contribution is -2.04. The molecule has 0 amide bonds. The van der Waals surface area contributed by atoms with Gasteiger partial charge in [0, 0.05) is 12.7 Å². The van der Waals surface area contributed by atoms with Crippen molar-refractivity contribution < 1.29 is 4.74 Å². The first-order valence-electron chi connectivity index (χ1n) is 6.00. The summed E-state index contributed by atoms with van der Waals surface area (Å²) in [6, 6.07) is 11.4. The second-order valence-corrected chi connectivity index (χ2v) is 3.81. The first kappa shape index (κ1) is 12.8. The highest BCUT2D eigenvalue weighted by atomic mass is 16.5. The number of hydrogen-bond donors (Lipinski definition) is 1. The molecular weight excluding hydrogens is 240 g/mol. The van der Waals surface area contributed by atoms with E-state index >= 15 is 0 Å². The van der Waals surface area contributed by atoms with Gasteiger partial charge < -0.3 is 10.1 Å². The number of rotatable bonds is 5. The Labute approximate surface area is 111 Å². The van der Waals surface area contributed by atoms with Gasteiger partial charge in [-0.2, -0.15) is 5.26 Å². The molecule has 96 valence electrons. The Morgan fingerprint density at radius 2 is 2.26 bits per heavy atom. The number of aromatic nitrogens is 2. The summed E-state index contributed by atoms with van der Waals surface area (Å²) in [6.07, 6.45) is 1.56. The summed E-state index contributed by atoms with van der Waals surface area (Å²) in [5.74, 6) is 1.29. The van der Waals surface area contributed by atoms with Gasteiger partial charge in [-0.05, 0) is 30.7 Å². The Morgan fingerprint density at radius 1 is 1.37 bits per heavy atom. The molecule has 0 saturated heterocycles. The monoisotopic (exact) mass is 254 g/mol. The summed E-state index contributed by atoms with van der Waals surface area (Å²) in [5, 5.41) is 11.8. The van der Waals surface area contributed by atoms with Crippen molar-refractivity contribution in [2.45, 2.75) is 13.5 Å². The summed E-state index contributed by atoms with van der Waals surface area (Å²) >= 11 is 0. The minimum Gasteiger partial charge on any atom is -0.494 e. The van der Waals surface area contributed by atoms with Gasteiger partial charge in [-0.1, -0.05) is 12.1 Å². The largest absolute Gasteiger partial charge is 0.494 e. The van der Waals surface area contributed by atoms with Crippen molar-refractivity contribution in [3.05, 3.63) is 47.8 Å². The smallest absolute Gasteiger partial charge is 0.224 e. The van der Waals surface area contributed by atoms with Crippen molar-refractivity contribution in [3.63, 3.8) is 0 Å². The van der Waals surface area contributed by atoms with Crippen LogP contribution in [-0.4, -0.2) is 16.6 Å². The summed E-state index contributed by atoms with van der Waals surface area (Å²) in [5.41, 5.74) is 1.41. The van der Waals surface area contributed by atoms with Crippen molar-refractivity contribution in [1.29, 1.82) is 5.26 Å². The third-order valence-electron chi connectivity index (χ3n) is 2.43. The maximum Gasteiger partial charge on any atom is 0.224 e. The highest BCUT2D eigenvalue weighted by Gasteiger charge is 2.00. The highest BCUT2D eigenvalue weighted by Crippen LogP contribution is 2.14. The second-order valence-electron chi connectivity index (χ2n) is 3.81. The van der Waals surface area contributed by atoms with Crippen LogP contribution in [0.2, 0.25) is 0 Å². The van der Waals surface area contributed by atoms with Crippen LogP contribution in [0.5, 0.6) is 5.75 Å². The van der Waals surface area contributed by atoms with Crippen LogP contribution in [0.4, 0.5) is 5.95 Å². The molecule has 2 rings (SSSR count). The molecule has 0 aliphatic rings. The zero-order valence-electron chi connectivity index (χ0n) is 10.6. The standard InChI is InChI=1S/C14H14N4O/c1-2-19-13-5-3-4-11(8-13)10-17-14-16-7-6-12(9-15)18-14/h3-8H,2,10H2,1H3,(H,16,17,18). The Hall–Kier alpha value is -2.61.